The normalized spacial score (nSPS) is 16.2. The molecule has 1 aliphatic rings. The van der Waals surface area contributed by atoms with Crippen LogP contribution in [0, 0.1) is 0 Å². The highest BCUT2D eigenvalue weighted by Gasteiger charge is 2.12. The molecule has 1 N–H and O–H groups in total. The maximum atomic E-state index is 11.7. The highest BCUT2D eigenvalue weighted by molar-refractivity contribution is 5.76. The van der Waals surface area contributed by atoms with Crippen LogP contribution in [0.15, 0.2) is 12.2 Å². The summed E-state index contributed by atoms with van der Waals surface area (Å²) in [5.74, 6) is -0.141. The third-order valence-corrected chi connectivity index (χ3v) is 2.09. The van der Waals surface area contributed by atoms with Crippen LogP contribution in [0.3, 0.4) is 0 Å². The van der Waals surface area contributed by atoms with Crippen LogP contribution in [-0.4, -0.2) is 31.6 Å². The molecule has 1 rings (SSSR count). The molecule has 3 nitrogen and oxygen atoms in total. The van der Waals surface area contributed by atoms with Gasteiger partial charge in [-0.1, -0.05) is 12.2 Å². The third-order valence-electron chi connectivity index (χ3n) is 2.09. The average Bonchev–Trinajstić information content (AvgIpc) is 2.64. The monoisotopic (exact) mass is 219 g/mol. The average molecular weight is 219 g/mol. The number of hydrogen-bond acceptors (Lipinski definition) is 2. The molecule has 1 amide bonds. The van der Waals surface area contributed by atoms with Crippen LogP contribution in [-0.2, 0) is 9.53 Å². The van der Waals surface area contributed by atoms with Crippen molar-refractivity contribution in [2.75, 3.05) is 13.2 Å². The van der Waals surface area contributed by atoms with Crippen molar-refractivity contribution in [1.82, 2.24) is 5.32 Å². The van der Waals surface area contributed by atoms with Gasteiger partial charge in [0.2, 0.25) is 5.91 Å². The number of ether oxygens (including phenoxy) is 1. The van der Waals surface area contributed by atoms with E-state index >= 15 is 0 Å². The Labute approximate surface area is 87.5 Å². The molecule has 0 bridgehead atoms. The molecule has 0 fully saturated rings. The summed E-state index contributed by atoms with van der Waals surface area (Å²) in [5.41, 5.74) is 0. The number of carbonyl (C=O) groups excluding carboxylic acids is 1. The molecule has 86 valence electrons. The fourth-order valence-corrected chi connectivity index (χ4v) is 1.37. The van der Waals surface area contributed by atoms with E-state index in [-0.39, 0.29) is 25.0 Å². The Kier molecular flexibility index (Phi) is 5.25. The molecular weight excluding hydrogens is 204 g/mol. The number of amides is 1. The Balaban J connectivity index is 1.98. The summed E-state index contributed by atoms with van der Waals surface area (Å²) in [6.07, 6.45) is 3.40. The summed E-state index contributed by atoms with van der Waals surface area (Å²) in [4.78, 5) is 11.2. The Morgan fingerprint density at radius 2 is 2.13 bits per heavy atom. The maximum Gasteiger partial charge on any atom is 0.261 e. The third kappa shape index (κ3) is 5.47. The van der Waals surface area contributed by atoms with E-state index in [1.165, 1.54) is 0 Å². The Hall–Kier alpha value is -0.970. The van der Waals surface area contributed by atoms with Crippen LogP contribution in [0.1, 0.15) is 19.3 Å². The van der Waals surface area contributed by atoms with E-state index in [4.69, 9.17) is 0 Å². The van der Waals surface area contributed by atoms with Gasteiger partial charge in [0.05, 0.1) is 6.61 Å². The highest BCUT2D eigenvalue weighted by atomic mass is 19.3. The zero-order valence-corrected chi connectivity index (χ0v) is 8.42. The van der Waals surface area contributed by atoms with Crippen molar-refractivity contribution in [3.8, 4) is 0 Å². The summed E-state index contributed by atoms with van der Waals surface area (Å²) in [7, 11) is 0. The number of halogens is 2. The number of rotatable bonds is 6. The summed E-state index contributed by atoms with van der Waals surface area (Å²) in [6, 6.07) is 0.174. The molecule has 5 heteroatoms. The molecule has 0 unspecified atom stereocenters. The molecule has 0 aromatic rings. The van der Waals surface area contributed by atoms with Crippen molar-refractivity contribution >= 4 is 5.91 Å². The van der Waals surface area contributed by atoms with Crippen molar-refractivity contribution in [3.63, 3.8) is 0 Å². The predicted molar refractivity (Wildman–Crippen MR) is 51.7 cm³/mol. The van der Waals surface area contributed by atoms with Crippen molar-refractivity contribution in [2.45, 2.75) is 31.7 Å². The number of carbonyl (C=O) groups is 1. The summed E-state index contributed by atoms with van der Waals surface area (Å²) < 4.78 is 27.9. The number of nitrogens with one attached hydrogen (secondary N) is 1. The van der Waals surface area contributed by atoms with Crippen LogP contribution >= 0.6 is 0 Å². The van der Waals surface area contributed by atoms with Crippen molar-refractivity contribution in [2.24, 2.45) is 0 Å². The Bertz CT molecular complexity index is 223. The first-order valence-electron chi connectivity index (χ1n) is 4.98. The van der Waals surface area contributed by atoms with Gasteiger partial charge in [-0.15, -0.1) is 0 Å². The van der Waals surface area contributed by atoms with Gasteiger partial charge >= 0.3 is 0 Å². The first-order chi connectivity index (χ1) is 7.18. The lowest BCUT2D eigenvalue weighted by molar-refractivity contribution is -0.123. The van der Waals surface area contributed by atoms with Gasteiger partial charge in [0.1, 0.15) is 6.61 Å². The summed E-state index contributed by atoms with van der Waals surface area (Å²) in [5, 5.41) is 2.80. The molecule has 1 aliphatic carbocycles. The second-order valence-corrected chi connectivity index (χ2v) is 3.42. The van der Waals surface area contributed by atoms with Gasteiger partial charge in [0, 0.05) is 12.5 Å². The van der Waals surface area contributed by atoms with Crippen LogP contribution < -0.4 is 5.32 Å². The molecule has 0 aromatic carbocycles. The molecule has 15 heavy (non-hydrogen) atoms. The summed E-state index contributed by atoms with van der Waals surface area (Å²) in [6.45, 7) is -0.547. The minimum atomic E-state index is -2.47. The SMILES string of the molecule is O=C(CCOCC(F)F)NC1CC=CC1. The van der Waals surface area contributed by atoms with Crippen LogP contribution in [0.2, 0.25) is 0 Å². The molecule has 0 aromatic heterocycles. The molecule has 0 atom stereocenters. The second kappa shape index (κ2) is 6.50. The fourth-order valence-electron chi connectivity index (χ4n) is 1.37. The van der Waals surface area contributed by atoms with Crippen LogP contribution in [0.25, 0.3) is 0 Å². The first kappa shape index (κ1) is 12.1. The van der Waals surface area contributed by atoms with E-state index in [1.807, 2.05) is 12.2 Å². The molecule has 0 aliphatic heterocycles. The second-order valence-electron chi connectivity index (χ2n) is 3.42. The van der Waals surface area contributed by atoms with Crippen LogP contribution in [0.4, 0.5) is 8.78 Å². The molecule has 0 heterocycles. The van der Waals surface area contributed by atoms with Gasteiger partial charge in [0.15, 0.2) is 0 Å². The lowest BCUT2D eigenvalue weighted by Gasteiger charge is -2.11. The fraction of sp³-hybridized carbons (Fsp3) is 0.700. The van der Waals surface area contributed by atoms with Gasteiger partial charge in [-0.2, -0.15) is 0 Å². The van der Waals surface area contributed by atoms with Crippen molar-refractivity contribution in [1.29, 1.82) is 0 Å². The van der Waals surface area contributed by atoms with E-state index in [0.29, 0.717) is 0 Å². The van der Waals surface area contributed by atoms with Crippen molar-refractivity contribution < 1.29 is 18.3 Å². The minimum absolute atomic E-state index is 0.0519. The van der Waals surface area contributed by atoms with E-state index in [2.05, 4.69) is 10.1 Å². The highest BCUT2D eigenvalue weighted by Crippen LogP contribution is 2.08. The lowest BCUT2D eigenvalue weighted by atomic mass is 10.2. The van der Waals surface area contributed by atoms with Gasteiger partial charge in [0.25, 0.3) is 6.43 Å². The predicted octanol–water partition coefficient (Wildman–Crippen LogP) is 1.49. The number of hydrogen-bond donors (Lipinski definition) is 1. The van der Waals surface area contributed by atoms with E-state index in [9.17, 15) is 13.6 Å². The van der Waals surface area contributed by atoms with Gasteiger partial charge < -0.3 is 10.1 Å². The van der Waals surface area contributed by atoms with Gasteiger partial charge in [-0.3, -0.25) is 4.79 Å². The topological polar surface area (TPSA) is 38.3 Å². The standard InChI is InChI=1S/C10H15F2NO2/c11-9(12)7-15-6-5-10(14)13-8-3-1-2-4-8/h1-2,8-9H,3-7H2,(H,13,14). The molecular formula is C10H15F2NO2. The maximum absolute atomic E-state index is 11.7. The van der Waals surface area contributed by atoms with Crippen molar-refractivity contribution in [3.05, 3.63) is 12.2 Å². The van der Waals surface area contributed by atoms with Crippen LogP contribution in [0.5, 0.6) is 0 Å². The van der Waals surface area contributed by atoms with E-state index in [1.54, 1.807) is 0 Å². The zero-order chi connectivity index (χ0) is 11.1. The van der Waals surface area contributed by atoms with E-state index < -0.39 is 13.0 Å². The first-order valence-corrected chi connectivity index (χ1v) is 4.98. The molecule has 0 radical (unpaired) electrons. The lowest BCUT2D eigenvalue weighted by Crippen LogP contribution is -2.33. The Morgan fingerprint density at radius 1 is 1.47 bits per heavy atom. The Morgan fingerprint density at radius 3 is 2.73 bits per heavy atom. The molecule has 0 spiro atoms. The zero-order valence-electron chi connectivity index (χ0n) is 8.42. The molecule has 0 saturated heterocycles. The largest absolute Gasteiger partial charge is 0.375 e. The van der Waals surface area contributed by atoms with Gasteiger partial charge in [-0.25, -0.2) is 8.78 Å². The van der Waals surface area contributed by atoms with Gasteiger partial charge in [-0.05, 0) is 12.8 Å². The number of alkyl halides is 2. The smallest absolute Gasteiger partial charge is 0.261 e. The summed E-state index contributed by atoms with van der Waals surface area (Å²) >= 11 is 0. The quantitative estimate of drug-likeness (QED) is 0.543. The van der Waals surface area contributed by atoms with E-state index in [0.717, 1.165) is 12.8 Å². The molecule has 0 saturated carbocycles. The minimum Gasteiger partial charge on any atom is -0.375 e.